The minimum atomic E-state index is -3.51. The van der Waals surface area contributed by atoms with Gasteiger partial charge in [0.25, 0.3) is 0 Å². The molecule has 0 bridgehead atoms. The summed E-state index contributed by atoms with van der Waals surface area (Å²) in [4.78, 5) is 0. The lowest BCUT2D eigenvalue weighted by atomic mass is 9.96. The monoisotopic (exact) mass is 337 g/mol. The molecule has 4 nitrogen and oxygen atoms in total. The number of halogens is 1. The highest BCUT2D eigenvalue weighted by Crippen LogP contribution is 2.20. The van der Waals surface area contributed by atoms with Gasteiger partial charge in [-0.2, -0.15) is 0 Å². The van der Waals surface area contributed by atoms with Gasteiger partial charge >= 0.3 is 0 Å². The van der Waals surface area contributed by atoms with Crippen LogP contribution >= 0.6 is 0 Å². The van der Waals surface area contributed by atoms with E-state index in [-0.39, 0.29) is 12.3 Å². The molecule has 0 fully saturated rings. The van der Waals surface area contributed by atoms with E-state index in [1.165, 1.54) is 31.2 Å². The van der Waals surface area contributed by atoms with E-state index in [1.807, 2.05) is 30.3 Å². The molecule has 2 aromatic carbocycles. The van der Waals surface area contributed by atoms with Crippen molar-refractivity contribution in [3.8, 4) is 0 Å². The second kappa shape index (κ2) is 7.21. The van der Waals surface area contributed by atoms with Crippen molar-refractivity contribution in [3.05, 3.63) is 71.5 Å². The second-order valence-corrected chi connectivity index (χ2v) is 7.58. The topological polar surface area (TPSA) is 66.4 Å². The Morgan fingerprint density at radius 1 is 1.09 bits per heavy atom. The highest BCUT2D eigenvalue weighted by atomic mass is 32.2. The van der Waals surface area contributed by atoms with Gasteiger partial charge in [-0.1, -0.05) is 42.5 Å². The molecule has 0 aliphatic carbocycles. The highest BCUT2D eigenvalue weighted by molar-refractivity contribution is 7.89. The van der Waals surface area contributed by atoms with Crippen molar-refractivity contribution in [1.82, 2.24) is 4.72 Å². The van der Waals surface area contributed by atoms with E-state index in [4.69, 9.17) is 0 Å². The number of nitrogens with one attached hydrogen (secondary N) is 1. The lowest BCUT2D eigenvalue weighted by Gasteiger charge is -2.24. The summed E-state index contributed by atoms with van der Waals surface area (Å²) >= 11 is 0. The van der Waals surface area contributed by atoms with Crippen molar-refractivity contribution < 1.29 is 17.9 Å². The molecule has 0 aromatic heterocycles. The van der Waals surface area contributed by atoms with Gasteiger partial charge < -0.3 is 5.11 Å². The molecule has 0 radical (unpaired) electrons. The summed E-state index contributed by atoms with van der Waals surface area (Å²) in [5, 5.41) is 10.4. The van der Waals surface area contributed by atoms with Crippen molar-refractivity contribution in [2.24, 2.45) is 0 Å². The summed E-state index contributed by atoms with van der Waals surface area (Å²) in [6, 6.07) is 14.6. The van der Waals surface area contributed by atoms with Gasteiger partial charge in [0.2, 0.25) is 10.0 Å². The lowest BCUT2D eigenvalue weighted by molar-refractivity contribution is 0.0627. The zero-order chi connectivity index (χ0) is 16.9. The van der Waals surface area contributed by atoms with Crippen molar-refractivity contribution in [2.75, 3.05) is 12.3 Å². The van der Waals surface area contributed by atoms with Crippen LogP contribution in [0.15, 0.2) is 54.6 Å². The van der Waals surface area contributed by atoms with Crippen LogP contribution in [0.5, 0.6) is 0 Å². The van der Waals surface area contributed by atoms with Gasteiger partial charge in [0.15, 0.2) is 0 Å². The summed E-state index contributed by atoms with van der Waals surface area (Å²) in [5.74, 6) is -0.468. The summed E-state index contributed by atoms with van der Waals surface area (Å²) in [5.41, 5.74) is -0.0270. The smallest absolute Gasteiger partial charge is 0.212 e. The molecule has 6 heteroatoms. The third-order valence-electron chi connectivity index (χ3n) is 3.60. The van der Waals surface area contributed by atoms with E-state index in [9.17, 15) is 17.9 Å². The molecule has 2 rings (SSSR count). The van der Waals surface area contributed by atoms with E-state index in [1.54, 1.807) is 0 Å². The Morgan fingerprint density at radius 3 is 2.30 bits per heavy atom. The quantitative estimate of drug-likeness (QED) is 0.814. The molecular weight excluding hydrogens is 317 g/mol. The number of benzene rings is 2. The van der Waals surface area contributed by atoms with Crippen LogP contribution < -0.4 is 4.72 Å². The molecule has 0 amide bonds. The van der Waals surface area contributed by atoms with Gasteiger partial charge in [-0.25, -0.2) is 17.5 Å². The molecule has 1 unspecified atom stereocenters. The van der Waals surface area contributed by atoms with Gasteiger partial charge in [-0.05, 0) is 36.6 Å². The molecule has 2 N–H and O–H groups in total. The average molecular weight is 337 g/mol. The molecule has 0 saturated heterocycles. The van der Waals surface area contributed by atoms with Gasteiger partial charge in [0, 0.05) is 6.54 Å². The van der Waals surface area contributed by atoms with E-state index >= 15 is 0 Å². The van der Waals surface area contributed by atoms with Crippen molar-refractivity contribution >= 4 is 10.0 Å². The Morgan fingerprint density at radius 2 is 1.70 bits per heavy atom. The maximum absolute atomic E-state index is 12.9. The van der Waals surface area contributed by atoms with Gasteiger partial charge in [-0.3, -0.25) is 0 Å². The van der Waals surface area contributed by atoms with Crippen molar-refractivity contribution in [3.63, 3.8) is 0 Å². The highest BCUT2D eigenvalue weighted by Gasteiger charge is 2.25. The SMILES string of the molecule is CC(O)(CNS(=O)(=O)CCc1ccccc1)c1ccc(F)cc1. The van der Waals surface area contributed by atoms with Gasteiger partial charge in [0.05, 0.1) is 5.75 Å². The third kappa shape index (κ3) is 5.42. The van der Waals surface area contributed by atoms with Crippen LogP contribution in [0.1, 0.15) is 18.1 Å². The predicted molar refractivity (Wildman–Crippen MR) is 87.9 cm³/mol. The minimum absolute atomic E-state index is 0.0590. The van der Waals surface area contributed by atoms with Crippen LogP contribution in [0.4, 0.5) is 4.39 Å². The standard InChI is InChI=1S/C17H20FNO3S/c1-17(20,15-7-9-16(18)10-8-15)13-19-23(21,22)12-11-14-5-3-2-4-6-14/h2-10,19-20H,11-13H2,1H3. The Bertz CT molecular complexity index is 728. The molecule has 0 spiro atoms. The van der Waals surface area contributed by atoms with Crippen molar-refractivity contribution in [1.29, 1.82) is 0 Å². The summed E-state index contributed by atoms with van der Waals surface area (Å²) in [6.07, 6.45) is 0.398. The zero-order valence-corrected chi connectivity index (χ0v) is 13.7. The fourth-order valence-electron chi connectivity index (χ4n) is 2.13. The van der Waals surface area contributed by atoms with Crippen LogP contribution in [0.2, 0.25) is 0 Å². The van der Waals surface area contributed by atoms with E-state index in [2.05, 4.69) is 4.72 Å². The number of hydrogen-bond donors (Lipinski definition) is 2. The molecule has 0 aliphatic rings. The summed E-state index contributed by atoms with van der Waals surface area (Å²) in [7, 11) is -3.51. The number of aryl methyl sites for hydroxylation is 1. The van der Waals surface area contributed by atoms with Crippen LogP contribution in [0.3, 0.4) is 0 Å². The Labute approximate surface area is 136 Å². The molecule has 124 valence electrons. The first-order chi connectivity index (χ1) is 10.8. The molecule has 0 aliphatic heterocycles. The second-order valence-electron chi connectivity index (χ2n) is 5.66. The maximum Gasteiger partial charge on any atom is 0.212 e. The first kappa shape index (κ1) is 17.6. The zero-order valence-electron chi connectivity index (χ0n) is 12.9. The minimum Gasteiger partial charge on any atom is -0.384 e. The fraction of sp³-hybridized carbons (Fsp3) is 0.294. The average Bonchev–Trinajstić information content (AvgIpc) is 2.53. The van der Waals surface area contributed by atoms with Gasteiger partial charge in [-0.15, -0.1) is 0 Å². The fourth-order valence-corrected chi connectivity index (χ4v) is 3.28. The number of rotatable bonds is 7. The number of sulfonamides is 1. The van der Waals surface area contributed by atoms with Crippen LogP contribution in [-0.4, -0.2) is 25.8 Å². The first-order valence-corrected chi connectivity index (χ1v) is 8.93. The molecular formula is C17H20FNO3S. The molecule has 0 heterocycles. The molecule has 0 saturated carbocycles. The van der Waals surface area contributed by atoms with Gasteiger partial charge in [0.1, 0.15) is 11.4 Å². The van der Waals surface area contributed by atoms with Crippen LogP contribution in [0, 0.1) is 5.82 Å². The Hall–Kier alpha value is -1.76. The van der Waals surface area contributed by atoms with E-state index < -0.39 is 21.4 Å². The van der Waals surface area contributed by atoms with E-state index in [0.717, 1.165) is 5.56 Å². The van der Waals surface area contributed by atoms with E-state index in [0.29, 0.717) is 12.0 Å². The lowest BCUT2D eigenvalue weighted by Crippen LogP contribution is -2.39. The third-order valence-corrected chi connectivity index (χ3v) is 4.93. The van der Waals surface area contributed by atoms with Crippen molar-refractivity contribution in [2.45, 2.75) is 18.9 Å². The Balaban J connectivity index is 1.94. The Kier molecular flexibility index (Phi) is 5.51. The maximum atomic E-state index is 12.9. The molecule has 2 aromatic rings. The summed E-state index contributed by atoms with van der Waals surface area (Å²) in [6.45, 7) is 1.32. The van der Waals surface area contributed by atoms with Crippen LogP contribution in [-0.2, 0) is 22.0 Å². The number of hydrogen-bond acceptors (Lipinski definition) is 3. The molecule has 1 atom stereocenters. The largest absolute Gasteiger partial charge is 0.384 e. The number of aliphatic hydroxyl groups is 1. The van der Waals surface area contributed by atoms with Crippen LogP contribution in [0.25, 0.3) is 0 Å². The normalized spacial score (nSPS) is 14.4. The predicted octanol–water partition coefficient (Wildman–Crippen LogP) is 2.20. The first-order valence-electron chi connectivity index (χ1n) is 7.28. The summed E-state index contributed by atoms with van der Waals surface area (Å²) < 4.78 is 39.4. The molecule has 23 heavy (non-hydrogen) atoms.